The first-order valence-electron chi connectivity index (χ1n) is 29.3. The fourth-order valence-electron chi connectivity index (χ4n) is 13.2. The molecule has 0 unspecified atom stereocenters. The zero-order valence-corrected chi connectivity index (χ0v) is 48.0. The van der Waals surface area contributed by atoms with Crippen LogP contribution < -0.4 is 9.80 Å². The monoisotopic (exact) mass is 1100 g/mol. The van der Waals surface area contributed by atoms with Crippen molar-refractivity contribution in [1.29, 1.82) is 0 Å². The van der Waals surface area contributed by atoms with E-state index in [1.54, 1.807) is 0 Å². The van der Waals surface area contributed by atoms with E-state index in [9.17, 15) is 0 Å². The Morgan fingerprint density at radius 1 is 0.302 bits per heavy atom. The summed E-state index contributed by atoms with van der Waals surface area (Å²) in [6.07, 6.45) is 3.77. The lowest BCUT2D eigenvalue weighted by molar-refractivity contribution is 1.13. The van der Waals surface area contributed by atoms with Crippen molar-refractivity contribution in [3.05, 3.63) is 289 Å². The second kappa shape index (κ2) is 20.3. The number of anilines is 6. The van der Waals surface area contributed by atoms with Crippen LogP contribution in [-0.2, 0) is 0 Å². The molecule has 5 heterocycles. The summed E-state index contributed by atoms with van der Waals surface area (Å²) in [5.41, 5.74) is 24.7. The van der Waals surface area contributed by atoms with E-state index in [1.165, 1.54) is 43.6 Å². The number of nitrogens with zero attached hydrogens (tertiary/aromatic N) is 8. The van der Waals surface area contributed by atoms with Gasteiger partial charge in [0.05, 0.1) is 66.9 Å². The highest BCUT2D eigenvalue weighted by Crippen LogP contribution is 2.46. The maximum Gasteiger partial charge on any atom is 0.0973 e. The first kappa shape index (κ1) is 50.5. The minimum absolute atomic E-state index is 0.797. The molecule has 0 fully saturated rings. The molecular weight excluding hydrogens is 1050 g/mol. The summed E-state index contributed by atoms with van der Waals surface area (Å²) in [6.45, 7) is 8.89. The Bertz CT molecular complexity index is 4910. The van der Waals surface area contributed by atoms with E-state index in [4.69, 9.17) is 19.9 Å². The number of rotatable bonds is 10. The van der Waals surface area contributed by atoms with Gasteiger partial charge in [-0.2, -0.15) is 0 Å². The van der Waals surface area contributed by atoms with E-state index >= 15 is 0 Å². The lowest BCUT2D eigenvalue weighted by atomic mass is 10.0. The molecule has 11 aromatic carbocycles. The van der Waals surface area contributed by atoms with E-state index < -0.39 is 0 Å². The summed E-state index contributed by atoms with van der Waals surface area (Å²) < 4.78 is 4.83. The van der Waals surface area contributed by atoms with E-state index in [0.29, 0.717) is 0 Å². The van der Waals surface area contributed by atoms with E-state index in [2.05, 4.69) is 265 Å². The molecular formula is C78H56N8. The Balaban J connectivity index is 0.811. The van der Waals surface area contributed by atoms with Gasteiger partial charge < -0.3 is 18.9 Å². The lowest BCUT2D eigenvalue weighted by Gasteiger charge is -2.29. The summed E-state index contributed by atoms with van der Waals surface area (Å²) in [5, 5.41) is 7.10. The molecule has 408 valence electrons. The molecule has 16 rings (SSSR count). The highest BCUT2D eigenvalue weighted by atomic mass is 15.2. The van der Waals surface area contributed by atoms with Gasteiger partial charge in [-0.05, 0) is 159 Å². The minimum atomic E-state index is 0.797. The first-order chi connectivity index (χ1) is 42.3. The molecule has 0 bridgehead atoms. The Labute approximate surface area is 497 Å². The van der Waals surface area contributed by atoms with Gasteiger partial charge in [-0.1, -0.05) is 146 Å². The molecule has 0 saturated carbocycles. The van der Waals surface area contributed by atoms with Gasteiger partial charge in [-0.25, -0.2) is 9.97 Å². The van der Waals surface area contributed by atoms with Crippen molar-refractivity contribution in [2.75, 3.05) is 9.80 Å². The van der Waals surface area contributed by atoms with Crippen LogP contribution in [0.15, 0.2) is 267 Å². The van der Waals surface area contributed by atoms with Gasteiger partial charge in [0.1, 0.15) is 0 Å². The van der Waals surface area contributed by atoms with Gasteiger partial charge in [-0.15, -0.1) is 0 Å². The van der Waals surface area contributed by atoms with Gasteiger partial charge in [0.2, 0.25) is 0 Å². The Kier molecular flexibility index (Phi) is 11.9. The molecule has 0 aliphatic rings. The minimum Gasteiger partial charge on any atom is -0.309 e. The van der Waals surface area contributed by atoms with Crippen LogP contribution in [0.25, 0.3) is 110 Å². The van der Waals surface area contributed by atoms with Crippen LogP contribution in [0.2, 0.25) is 0 Å². The van der Waals surface area contributed by atoms with E-state index in [-0.39, 0.29) is 0 Å². The molecule has 0 aliphatic heterocycles. The zero-order valence-electron chi connectivity index (χ0n) is 48.0. The highest BCUT2D eigenvalue weighted by molar-refractivity contribution is 6.11. The van der Waals surface area contributed by atoms with Crippen molar-refractivity contribution in [2.24, 2.45) is 0 Å². The largest absolute Gasteiger partial charge is 0.309 e. The third-order valence-corrected chi connectivity index (χ3v) is 17.2. The average molecular weight is 1110 g/mol. The van der Waals surface area contributed by atoms with Crippen LogP contribution in [0.1, 0.15) is 22.3 Å². The fraction of sp³-hybridized carbons (Fsp3) is 0.0513. The number of pyridine rings is 2. The Morgan fingerprint density at radius 3 is 1.03 bits per heavy atom. The standard InChI is InChI=1S/C78H56N8/c1-49-47-73(85-65-29-11-5-23-59(65)60-24-6-12-30-66(60)85)51(3)45-71(49)83(69-33-15-19-53-21-17-43-79-75(53)69)57-39-35-55(36-40-57)77-78(82-64-28-10-9-27-63(64)81-77)56-37-41-58(42-38-56)84(70-34-16-20-54-22-18-44-80-76(54)70)72-46-52(4)74(48-50(72)2)86-67-31-13-7-25-61(67)62-26-8-14-32-68(62)86/h5-48H,1-4H3. The molecule has 0 spiro atoms. The van der Waals surface area contributed by atoms with Crippen LogP contribution in [0.5, 0.6) is 0 Å². The number of benzene rings is 11. The topological polar surface area (TPSA) is 67.9 Å². The fourth-order valence-corrected chi connectivity index (χ4v) is 13.2. The van der Waals surface area contributed by atoms with E-state index in [0.717, 1.165) is 123 Å². The molecule has 86 heavy (non-hydrogen) atoms. The molecule has 5 aromatic heterocycles. The van der Waals surface area contributed by atoms with Crippen molar-refractivity contribution in [3.63, 3.8) is 0 Å². The third kappa shape index (κ3) is 8.21. The number of hydrogen-bond acceptors (Lipinski definition) is 6. The van der Waals surface area contributed by atoms with Crippen molar-refractivity contribution < 1.29 is 0 Å². The van der Waals surface area contributed by atoms with Crippen LogP contribution in [0.4, 0.5) is 34.1 Å². The molecule has 0 atom stereocenters. The Hall–Kier alpha value is -11.2. The van der Waals surface area contributed by atoms with Gasteiger partial charge in [0, 0.05) is 90.0 Å². The summed E-state index contributed by atoms with van der Waals surface area (Å²) in [6, 6.07) is 91.1. The summed E-state index contributed by atoms with van der Waals surface area (Å²) in [5.74, 6) is 0. The molecule has 16 aromatic rings. The number of aryl methyl sites for hydroxylation is 4. The summed E-state index contributed by atoms with van der Waals surface area (Å²) in [4.78, 5) is 25.6. The second-order valence-electron chi connectivity index (χ2n) is 22.5. The van der Waals surface area contributed by atoms with Crippen LogP contribution in [0, 0.1) is 27.7 Å². The second-order valence-corrected chi connectivity index (χ2v) is 22.5. The van der Waals surface area contributed by atoms with Crippen molar-refractivity contribution in [2.45, 2.75) is 27.7 Å². The SMILES string of the molecule is Cc1cc(-n2c3ccccc3c3ccccc32)c(C)cc1N(c1ccc(-c2nc3ccccc3nc2-c2ccc(N(c3cc(C)c(-n4c5ccccc5c5ccccc54)cc3C)c3cccc4cccnc34)cc2)cc1)c1cccc2cccnc12. The first-order valence-corrected chi connectivity index (χ1v) is 29.3. The quantitative estimate of drug-likeness (QED) is 0.136. The van der Waals surface area contributed by atoms with Crippen molar-refractivity contribution >= 4 is 111 Å². The van der Waals surface area contributed by atoms with Gasteiger partial charge in [0.15, 0.2) is 0 Å². The number of aromatic nitrogens is 6. The summed E-state index contributed by atoms with van der Waals surface area (Å²) in [7, 11) is 0. The highest BCUT2D eigenvalue weighted by Gasteiger charge is 2.25. The zero-order chi connectivity index (χ0) is 57.6. The van der Waals surface area contributed by atoms with Crippen molar-refractivity contribution in [3.8, 4) is 33.9 Å². The molecule has 0 saturated heterocycles. The lowest BCUT2D eigenvalue weighted by Crippen LogP contribution is -2.13. The van der Waals surface area contributed by atoms with Crippen molar-refractivity contribution in [1.82, 2.24) is 29.1 Å². The molecule has 0 N–H and O–H groups in total. The maximum atomic E-state index is 5.42. The van der Waals surface area contributed by atoms with Gasteiger partial charge in [0.25, 0.3) is 0 Å². The predicted molar refractivity (Wildman–Crippen MR) is 358 cm³/mol. The Morgan fingerprint density at radius 2 is 0.651 bits per heavy atom. The third-order valence-electron chi connectivity index (χ3n) is 17.2. The van der Waals surface area contributed by atoms with Gasteiger partial charge >= 0.3 is 0 Å². The maximum absolute atomic E-state index is 5.42. The summed E-state index contributed by atoms with van der Waals surface area (Å²) >= 11 is 0. The average Bonchev–Trinajstić information content (AvgIpc) is 3.98. The predicted octanol–water partition coefficient (Wildman–Crippen LogP) is 20.4. The number of hydrogen-bond donors (Lipinski definition) is 0. The number of para-hydroxylation sites is 8. The smallest absolute Gasteiger partial charge is 0.0973 e. The number of fused-ring (bicyclic) bond motifs is 9. The van der Waals surface area contributed by atoms with Crippen LogP contribution in [-0.4, -0.2) is 29.1 Å². The molecule has 0 amide bonds. The van der Waals surface area contributed by atoms with Gasteiger partial charge in [-0.3, -0.25) is 9.97 Å². The molecule has 0 aliphatic carbocycles. The molecule has 0 radical (unpaired) electrons. The van der Waals surface area contributed by atoms with E-state index in [1.807, 2.05) is 48.8 Å². The van der Waals surface area contributed by atoms with Crippen LogP contribution >= 0.6 is 0 Å². The normalized spacial score (nSPS) is 11.7. The van der Waals surface area contributed by atoms with Crippen LogP contribution in [0.3, 0.4) is 0 Å². The molecule has 8 nitrogen and oxygen atoms in total. The molecule has 8 heteroatoms.